The first-order chi connectivity index (χ1) is 6.86. The van der Waals surface area contributed by atoms with Gasteiger partial charge in [0.1, 0.15) is 0 Å². The molecule has 0 aliphatic carbocycles. The van der Waals surface area contributed by atoms with Crippen LogP contribution in [0.3, 0.4) is 0 Å². The molecule has 0 fully saturated rings. The third kappa shape index (κ3) is 3.85. The largest absolute Gasteiger partial charge is 0.271 e. The molecule has 1 aromatic heterocycles. The van der Waals surface area contributed by atoms with Crippen molar-refractivity contribution >= 4 is 0 Å². The maximum absolute atomic E-state index is 5.50. The highest BCUT2D eigenvalue weighted by molar-refractivity contribution is 5.11. The molecule has 1 rings (SSSR count). The van der Waals surface area contributed by atoms with Gasteiger partial charge in [0, 0.05) is 18.4 Å². The second-order valence-electron chi connectivity index (χ2n) is 3.57. The number of aromatic nitrogens is 1. The SMILES string of the molecule is CCCCC(Cc1ccncc1)NN. The standard InChI is InChI=1S/C11H19N3/c1-2-3-4-11(14-12)9-10-5-7-13-8-6-10/h5-8,11,14H,2-4,9,12H2,1H3. The number of nitrogens with one attached hydrogen (secondary N) is 1. The normalized spacial score (nSPS) is 12.7. The Balaban J connectivity index is 2.40. The van der Waals surface area contributed by atoms with Crippen LogP contribution in [-0.4, -0.2) is 11.0 Å². The van der Waals surface area contributed by atoms with Gasteiger partial charge in [-0.15, -0.1) is 0 Å². The predicted molar refractivity (Wildman–Crippen MR) is 58.6 cm³/mol. The summed E-state index contributed by atoms with van der Waals surface area (Å²) in [5.74, 6) is 5.50. The summed E-state index contributed by atoms with van der Waals surface area (Å²) in [6, 6.07) is 4.46. The van der Waals surface area contributed by atoms with Gasteiger partial charge in [-0.3, -0.25) is 16.3 Å². The van der Waals surface area contributed by atoms with Gasteiger partial charge in [0.25, 0.3) is 0 Å². The van der Waals surface area contributed by atoms with E-state index in [0.717, 1.165) is 12.8 Å². The molecule has 0 aromatic carbocycles. The van der Waals surface area contributed by atoms with Gasteiger partial charge in [0.05, 0.1) is 0 Å². The highest BCUT2D eigenvalue weighted by Gasteiger charge is 2.06. The third-order valence-corrected chi connectivity index (χ3v) is 2.37. The number of unbranched alkanes of at least 4 members (excludes halogenated alkanes) is 1. The van der Waals surface area contributed by atoms with Crippen LogP contribution >= 0.6 is 0 Å². The molecule has 1 heterocycles. The molecular weight excluding hydrogens is 174 g/mol. The predicted octanol–water partition coefficient (Wildman–Crippen LogP) is 1.65. The summed E-state index contributed by atoms with van der Waals surface area (Å²) in [5.41, 5.74) is 4.16. The Morgan fingerprint density at radius 1 is 1.43 bits per heavy atom. The average Bonchev–Trinajstić information content (AvgIpc) is 2.25. The van der Waals surface area contributed by atoms with Gasteiger partial charge in [0.15, 0.2) is 0 Å². The number of nitrogens with two attached hydrogens (primary N) is 1. The minimum absolute atomic E-state index is 0.386. The van der Waals surface area contributed by atoms with Crippen LogP contribution in [0, 0.1) is 0 Å². The van der Waals surface area contributed by atoms with Crippen molar-refractivity contribution in [2.24, 2.45) is 5.84 Å². The van der Waals surface area contributed by atoms with Crippen LogP contribution in [0.1, 0.15) is 31.7 Å². The average molecular weight is 193 g/mol. The van der Waals surface area contributed by atoms with E-state index in [1.54, 1.807) is 0 Å². The molecule has 14 heavy (non-hydrogen) atoms. The molecule has 1 unspecified atom stereocenters. The summed E-state index contributed by atoms with van der Waals surface area (Å²) < 4.78 is 0. The molecule has 78 valence electrons. The summed E-state index contributed by atoms with van der Waals surface area (Å²) in [4.78, 5) is 3.99. The number of rotatable bonds is 6. The Hall–Kier alpha value is -0.930. The number of hydrazine groups is 1. The molecule has 1 atom stereocenters. The molecule has 0 saturated heterocycles. The first-order valence-corrected chi connectivity index (χ1v) is 5.21. The molecule has 0 aliphatic rings. The van der Waals surface area contributed by atoms with Gasteiger partial charge in [0.2, 0.25) is 0 Å². The Morgan fingerprint density at radius 3 is 2.71 bits per heavy atom. The Bertz CT molecular complexity index is 236. The van der Waals surface area contributed by atoms with Crippen molar-refractivity contribution in [1.29, 1.82) is 0 Å². The van der Waals surface area contributed by atoms with Crippen molar-refractivity contribution in [2.75, 3.05) is 0 Å². The molecule has 3 heteroatoms. The number of hydrogen-bond acceptors (Lipinski definition) is 3. The van der Waals surface area contributed by atoms with E-state index in [9.17, 15) is 0 Å². The van der Waals surface area contributed by atoms with Gasteiger partial charge >= 0.3 is 0 Å². The Labute approximate surface area is 85.7 Å². The van der Waals surface area contributed by atoms with Crippen molar-refractivity contribution < 1.29 is 0 Å². The smallest absolute Gasteiger partial charge is 0.0270 e. The lowest BCUT2D eigenvalue weighted by molar-refractivity contribution is 0.473. The van der Waals surface area contributed by atoms with E-state index in [0.29, 0.717) is 6.04 Å². The molecule has 0 bridgehead atoms. The fraction of sp³-hybridized carbons (Fsp3) is 0.545. The monoisotopic (exact) mass is 193 g/mol. The van der Waals surface area contributed by atoms with E-state index in [4.69, 9.17) is 5.84 Å². The van der Waals surface area contributed by atoms with Crippen LogP contribution in [0.25, 0.3) is 0 Å². The molecule has 3 N–H and O–H groups in total. The number of hydrogen-bond donors (Lipinski definition) is 2. The second kappa shape index (κ2) is 6.51. The highest BCUT2D eigenvalue weighted by Crippen LogP contribution is 2.07. The maximum Gasteiger partial charge on any atom is 0.0270 e. The minimum Gasteiger partial charge on any atom is -0.271 e. The van der Waals surface area contributed by atoms with E-state index in [-0.39, 0.29) is 0 Å². The lowest BCUT2D eigenvalue weighted by Gasteiger charge is -2.14. The van der Waals surface area contributed by atoms with E-state index < -0.39 is 0 Å². The molecular formula is C11H19N3. The quantitative estimate of drug-likeness (QED) is 0.533. The molecule has 0 aliphatic heterocycles. The summed E-state index contributed by atoms with van der Waals surface area (Å²) in [7, 11) is 0. The number of pyridine rings is 1. The topological polar surface area (TPSA) is 50.9 Å². The minimum atomic E-state index is 0.386. The second-order valence-corrected chi connectivity index (χ2v) is 3.57. The summed E-state index contributed by atoms with van der Waals surface area (Å²) in [5, 5.41) is 0. The van der Waals surface area contributed by atoms with Gasteiger partial charge in [-0.25, -0.2) is 0 Å². The molecule has 1 aromatic rings. The Morgan fingerprint density at radius 2 is 2.14 bits per heavy atom. The van der Waals surface area contributed by atoms with E-state index in [2.05, 4.69) is 17.3 Å². The van der Waals surface area contributed by atoms with Crippen LogP contribution in [-0.2, 0) is 6.42 Å². The van der Waals surface area contributed by atoms with Crippen LogP contribution in [0.4, 0.5) is 0 Å². The zero-order valence-electron chi connectivity index (χ0n) is 8.74. The van der Waals surface area contributed by atoms with E-state index in [1.807, 2.05) is 24.5 Å². The lowest BCUT2D eigenvalue weighted by Crippen LogP contribution is -2.36. The van der Waals surface area contributed by atoms with Gasteiger partial charge in [-0.1, -0.05) is 19.8 Å². The molecule has 0 amide bonds. The molecule has 0 radical (unpaired) electrons. The summed E-state index contributed by atoms with van der Waals surface area (Å²) in [6.45, 7) is 2.19. The first-order valence-electron chi connectivity index (χ1n) is 5.21. The van der Waals surface area contributed by atoms with Crippen molar-refractivity contribution in [3.8, 4) is 0 Å². The van der Waals surface area contributed by atoms with E-state index in [1.165, 1.54) is 18.4 Å². The Kier molecular flexibility index (Phi) is 5.19. The molecule has 3 nitrogen and oxygen atoms in total. The van der Waals surface area contributed by atoms with Gasteiger partial charge in [-0.2, -0.15) is 0 Å². The summed E-state index contributed by atoms with van der Waals surface area (Å²) in [6.07, 6.45) is 8.20. The fourth-order valence-electron chi connectivity index (χ4n) is 1.50. The van der Waals surface area contributed by atoms with E-state index >= 15 is 0 Å². The lowest BCUT2D eigenvalue weighted by atomic mass is 10.0. The zero-order valence-corrected chi connectivity index (χ0v) is 8.74. The zero-order chi connectivity index (χ0) is 10.2. The van der Waals surface area contributed by atoms with Gasteiger partial charge < -0.3 is 0 Å². The third-order valence-electron chi connectivity index (χ3n) is 2.37. The van der Waals surface area contributed by atoms with Gasteiger partial charge in [-0.05, 0) is 30.5 Å². The molecule has 0 spiro atoms. The van der Waals surface area contributed by atoms with Crippen molar-refractivity contribution in [2.45, 2.75) is 38.6 Å². The van der Waals surface area contributed by atoms with Crippen molar-refractivity contribution in [1.82, 2.24) is 10.4 Å². The van der Waals surface area contributed by atoms with Crippen molar-refractivity contribution in [3.05, 3.63) is 30.1 Å². The summed E-state index contributed by atoms with van der Waals surface area (Å²) >= 11 is 0. The number of nitrogens with zero attached hydrogens (tertiary/aromatic N) is 1. The first kappa shape index (κ1) is 11.1. The van der Waals surface area contributed by atoms with Crippen LogP contribution in [0.15, 0.2) is 24.5 Å². The fourth-order valence-corrected chi connectivity index (χ4v) is 1.50. The van der Waals surface area contributed by atoms with Crippen LogP contribution in [0.5, 0.6) is 0 Å². The maximum atomic E-state index is 5.50. The molecule has 0 saturated carbocycles. The van der Waals surface area contributed by atoms with Crippen molar-refractivity contribution in [3.63, 3.8) is 0 Å². The van der Waals surface area contributed by atoms with Crippen LogP contribution < -0.4 is 11.3 Å². The highest BCUT2D eigenvalue weighted by atomic mass is 15.2. The van der Waals surface area contributed by atoms with Crippen LogP contribution in [0.2, 0.25) is 0 Å².